The molecule has 3 rings (SSSR count). The van der Waals surface area contributed by atoms with Crippen LogP contribution in [0.1, 0.15) is 24.8 Å². The smallest absolute Gasteiger partial charge is 0.118 e. The molecule has 3 atom stereocenters. The van der Waals surface area contributed by atoms with E-state index in [1.807, 2.05) is 0 Å². The highest BCUT2D eigenvalue weighted by atomic mass is 35.5. The number of hydrogen-bond donors (Lipinski definition) is 1. The Balaban J connectivity index is 0.00000161. The van der Waals surface area contributed by atoms with Gasteiger partial charge in [-0.3, -0.25) is 0 Å². The predicted octanol–water partition coefficient (Wildman–Crippen LogP) is 2.72. The van der Waals surface area contributed by atoms with Crippen molar-refractivity contribution in [3.05, 3.63) is 29.8 Å². The molecule has 0 aromatic heterocycles. The molecule has 118 valence electrons. The zero-order valence-corrected chi connectivity index (χ0v) is 13.6. The Morgan fingerprint density at radius 3 is 2.62 bits per heavy atom. The molecule has 4 heteroatoms. The highest BCUT2D eigenvalue weighted by molar-refractivity contribution is 5.85. The van der Waals surface area contributed by atoms with E-state index in [4.69, 9.17) is 10.5 Å². The van der Waals surface area contributed by atoms with E-state index >= 15 is 0 Å². The summed E-state index contributed by atoms with van der Waals surface area (Å²) in [7, 11) is 1.71. The fraction of sp³-hybridized carbons (Fsp3) is 0.647. The molecule has 2 fully saturated rings. The van der Waals surface area contributed by atoms with Crippen LogP contribution in [0.4, 0.5) is 0 Å². The van der Waals surface area contributed by atoms with E-state index in [2.05, 4.69) is 29.2 Å². The first-order valence-electron chi connectivity index (χ1n) is 7.87. The first-order valence-corrected chi connectivity index (χ1v) is 7.87. The average Bonchev–Trinajstić information content (AvgIpc) is 2.90. The molecule has 0 radical (unpaired) electrons. The fourth-order valence-corrected chi connectivity index (χ4v) is 3.87. The van der Waals surface area contributed by atoms with Crippen LogP contribution in [0.15, 0.2) is 24.3 Å². The summed E-state index contributed by atoms with van der Waals surface area (Å²) in [5, 5.41) is 0. The van der Waals surface area contributed by atoms with E-state index < -0.39 is 0 Å². The molecular formula is C17H27ClN2O. The van der Waals surface area contributed by atoms with Crippen LogP contribution in [0.25, 0.3) is 0 Å². The summed E-state index contributed by atoms with van der Waals surface area (Å²) in [6.07, 6.45) is 5.07. The molecule has 1 aromatic carbocycles. The minimum Gasteiger partial charge on any atom is -0.497 e. The number of rotatable bonds is 4. The van der Waals surface area contributed by atoms with Gasteiger partial charge in [-0.25, -0.2) is 0 Å². The van der Waals surface area contributed by atoms with E-state index in [0.717, 1.165) is 30.6 Å². The van der Waals surface area contributed by atoms with Crippen molar-refractivity contribution in [2.45, 2.75) is 31.7 Å². The van der Waals surface area contributed by atoms with Crippen molar-refractivity contribution in [1.82, 2.24) is 4.90 Å². The summed E-state index contributed by atoms with van der Waals surface area (Å²) in [4.78, 5) is 2.62. The number of ether oxygens (including phenoxy) is 1. The Morgan fingerprint density at radius 1 is 1.19 bits per heavy atom. The molecule has 2 aliphatic rings. The summed E-state index contributed by atoms with van der Waals surface area (Å²) in [6, 6.07) is 8.89. The maximum Gasteiger partial charge on any atom is 0.118 e. The van der Waals surface area contributed by atoms with Crippen LogP contribution in [-0.2, 0) is 6.42 Å². The van der Waals surface area contributed by atoms with Gasteiger partial charge in [-0.1, -0.05) is 18.6 Å². The van der Waals surface area contributed by atoms with Crippen LogP contribution >= 0.6 is 12.4 Å². The molecule has 0 spiro atoms. The van der Waals surface area contributed by atoms with E-state index in [9.17, 15) is 0 Å². The number of likely N-dealkylation sites (tertiary alicyclic amines) is 1. The Hall–Kier alpha value is -0.770. The van der Waals surface area contributed by atoms with Crippen LogP contribution in [-0.4, -0.2) is 37.7 Å². The third kappa shape index (κ3) is 3.91. The predicted molar refractivity (Wildman–Crippen MR) is 89.2 cm³/mol. The van der Waals surface area contributed by atoms with Gasteiger partial charge in [-0.15, -0.1) is 12.4 Å². The van der Waals surface area contributed by atoms with E-state index in [-0.39, 0.29) is 12.4 Å². The number of methoxy groups -OCH3 is 1. The Kier molecular flexibility index (Phi) is 5.91. The number of hydrogen-bond acceptors (Lipinski definition) is 3. The Morgan fingerprint density at radius 2 is 1.95 bits per heavy atom. The lowest BCUT2D eigenvalue weighted by Gasteiger charge is -2.29. The third-order valence-corrected chi connectivity index (χ3v) is 5.11. The van der Waals surface area contributed by atoms with Gasteiger partial charge in [0.2, 0.25) is 0 Å². The van der Waals surface area contributed by atoms with Crippen molar-refractivity contribution in [2.75, 3.05) is 26.7 Å². The molecule has 21 heavy (non-hydrogen) atoms. The second kappa shape index (κ2) is 7.48. The Bertz CT molecular complexity index is 437. The lowest BCUT2D eigenvalue weighted by molar-refractivity contribution is 0.259. The fourth-order valence-electron chi connectivity index (χ4n) is 3.87. The van der Waals surface area contributed by atoms with Crippen LogP contribution in [0, 0.1) is 11.8 Å². The van der Waals surface area contributed by atoms with Gasteiger partial charge in [0.25, 0.3) is 0 Å². The van der Waals surface area contributed by atoms with Gasteiger partial charge in [0.1, 0.15) is 5.75 Å². The van der Waals surface area contributed by atoms with Crippen LogP contribution in [0.3, 0.4) is 0 Å². The number of fused-ring (bicyclic) bond motifs is 1. The quantitative estimate of drug-likeness (QED) is 0.929. The second-order valence-electron chi connectivity index (χ2n) is 6.38. The number of benzene rings is 1. The molecule has 1 aliphatic heterocycles. The lowest BCUT2D eigenvalue weighted by Crippen LogP contribution is -2.38. The van der Waals surface area contributed by atoms with Crippen molar-refractivity contribution in [2.24, 2.45) is 17.6 Å². The van der Waals surface area contributed by atoms with Gasteiger partial charge in [0, 0.05) is 25.7 Å². The number of nitrogens with two attached hydrogens (primary N) is 1. The molecule has 0 bridgehead atoms. The summed E-state index contributed by atoms with van der Waals surface area (Å²) in [5.74, 6) is 2.54. The molecule has 3 nitrogen and oxygen atoms in total. The van der Waals surface area contributed by atoms with Gasteiger partial charge in [0.05, 0.1) is 7.11 Å². The first kappa shape index (κ1) is 16.6. The summed E-state index contributed by atoms with van der Waals surface area (Å²) < 4.78 is 5.20. The Labute approximate surface area is 134 Å². The zero-order chi connectivity index (χ0) is 13.9. The third-order valence-electron chi connectivity index (χ3n) is 5.11. The van der Waals surface area contributed by atoms with Crippen LogP contribution in [0.5, 0.6) is 5.75 Å². The molecule has 1 aliphatic carbocycles. The maximum atomic E-state index is 6.28. The summed E-state index contributed by atoms with van der Waals surface area (Å²) >= 11 is 0. The van der Waals surface area contributed by atoms with Gasteiger partial charge >= 0.3 is 0 Å². The van der Waals surface area contributed by atoms with Gasteiger partial charge in [-0.05, 0) is 48.8 Å². The molecule has 0 amide bonds. The summed E-state index contributed by atoms with van der Waals surface area (Å²) in [5.41, 5.74) is 7.67. The highest BCUT2D eigenvalue weighted by Crippen LogP contribution is 2.35. The normalized spacial score (nSPS) is 28.8. The van der Waals surface area contributed by atoms with Crippen molar-refractivity contribution in [3.63, 3.8) is 0 Å². The molecule has 1 aromatic rings. The summed E-state index contributed by atoms with van der Waals surface area (Å²) in [6.45, 7) is 3.63. The average molecular weight is 311 g/mol. The van der Waals surface area contributed by atoms with Crippen LogP contribution in [0.2, 0.25) is 0 Å². The van der Waals surface area contributed by atoms with Crippen molar-refractivity contribution in [3.8, 4) is 5.75 Å². The minimum absolute atomic E-state index is 0. The van der Waals surface area contributed by atoms with Crippen molar-refractivity contribution in [1.29, 1.82) is 0 Å². The molecule has 3 unspecified atom stereocenters. The minimum atomic E-state index is 0. The highest BCUT2D eigenvalue weighted by Gasteiger charge is 2.38. The van der Waals surface area contributed by atoms with E-state index in [0.29, 0.717) is 6.04 Å². The number of nitrogens with zero attached hydrogens (tertiary/aromatic N) is 1. The SMILES string of the molecule is COc1ccc(CCN2CC3CCCC(N)C3C2)cc1.Cl. The van der Waals surface area contributed by atoms with Crippen molar-refractivity contribution >= 4 is 12.4 Å². The second-order valence-corrected chi connectivity index (χ2v) is 6.38. The standard InChI is InChI=1S/C17H26N2O.ClH/c1-20-15-7-5-13(6-8-15)9-10-19-11-14-3-2-4-17(18)16(14)12-19;/h5-8,14,16-17H,2-4,9-12,18H2,1H3;1H. The molecule has 1 saturated heterocycles. The monoisotopic (exact) mass is 310 g/mol. The van der Waals surface area contributed by atoms with Gasteiger partial charge in [0.15, 0.2) is 0 Å². The number of halogens is 1. The molecular weight excluding hydrogens is 284 g/mol. The van der Waals surface area contributed by atoms with E-state index in [1.54, 1.807) is 7.11 Å². The first-order chi connectivity index (χ1) is 9.76. The molecule has 1 saturated carbocycles. The topological polar surface area (TPSA) is 38.5 Å². The zero-order valence-electron chi connectivity index (χ0n) is 12.8. The van der Waals surface area contributed by atoms with Gasteiger partial charge in [-0.2, -0.15) is 0 Å². The largest absolute Gasteiger partial charge is 0.497 e. The van der Waals surface area contributed by atoms with Crippen LogP contribution < -0.4 is 10.5 Å². The maximum absolute atomic E-state index is 6.28. The molecule has 2 N–H and O–H groups in total. The molecule has 1 heterocycles. The van der Waals surface area contributed by atoms with Gasteiger partial charge < -0.3 is 15.4 Å². The lowest BCUT2D eigenvalue weighted by atomic mass is 9.78. The van der Waals surface area contributed by atoms with Crippen molar-refractivity contribution < 1.29 is 4.74 Å². The van der Waals surface area contributed by atoms with E-state index in [1.165, 1.54) is 37.9 Å².